The number of likely N-dealkylation sites (N-methyl/N-ethyl adjacent to an activating group) is 1. The van der Waals surface area contributed by atoms with E-state index in [1.54, 1.807) is 0 Å². The molecular formula is C15H25N3. The Hall–Kier alpha value is -1.06. The van der Waals surface area contributed by atoms with Crippen molar-refractivity contribution in [2.75, 3.05) is 51.2 Å². The predicted molar refractivity (Wildman–Crippen MR) is 78.5 cm³/mol. The van der Waals surface area contributed by atoms with Crippen LogP contribution < -0.4 is 10.2 Å². The van der Waals surface area contributed by atoms with Crippen LogP contribution in [0.1, 0.15) is 11.1 Å². The zero-order valence-electron chi connectivity index (χ0n) is 11.9. The van der Waals surface area contributed by atoms with Crippen molar-refractivity contribution in [1.82, 2.24) is 10.2 Å². The van der Waals surface area contributed by atoms with Gasteiger partial charge in [-0.1, -0.05) is 6.07 Å². The van der Waals surface area contributed by atoms with Gasteiger partial charge in [-0.25, -0.2) is 0 Å². The molecule has 3 heteroatoms. The van der Waals surface area contributed by atoms with E-state index in [9.17, 15) is 0 Å². The summed E-state index contributed by atoms with van der Waals surface area (Å²) in [6.45, 7) is 11.3. The van der Waals surface area contributed by atoms with Crippen LogP contribution in [-0.4, -0.2) is 51.2 Å². The lowest BCUT2D eigenvalue weighted by molar-refractivity contribution is 0.260. The molecule has 1 aliphatic rings. The molecule has 2 rings (SSSR count). The molecule has 1 heterocycles. The van der Waals surface area contributed by atoms with Gasteiger partial charge in [-0.15, -0.1) is 0 Å². The second kappa shape index (κ2) is 6.21. The third kappa shape index (κ3) is 3.24. The lowest BCUT2D eigenvalue weighted by atomic mass is 10.1. The van der Waals surface area contributed by atoms with E-state index < -0.39 is 0 Å². The van der Waals surface area contributed by atoms with Gasteiger partial charge in [0.25, 0.3) is 0 Å². The Kier molecular flexibility index (Phi) is 4.61. The lowest BCUT2D eigenvalue weighted by Gasteiger charge is -2.36. The molecule has 0 aromatic heterocycles. The summed E-state index contributed by atoms with van der Waals surface area (Å²) in [7, 11) is 2.02. The summed E-state index contributed by atoms with van der Waals surface area (Å²) >= 11 is 0. The molecule has 0 radical (unpaired) electrons. The molecule has 0 bridgehead atoms. The SMILES string of the molecule is CNCCN1CCN(c2ccc(C)c(C)c2)CC1. The maximum Gasteiger partial charge on any atom is 0.0369 e. The third-order valence-corrected chi connectivity index (χ3v) is 3.91. The topological polar surface area (TPSA) is 18.5 Å². The van der Waals surface area contributed by atoms with Gasteiger partial charge in [0.2, 0.25) is 0 Å². The first-order valence-corrected chi connectivity index (χ1v) is 6.90. The third-order valence-electron chi connectivity index (χ3n) is 3.91. The maximum atomic E-state index is 3.22. The molecule has 0 aliphatic carbocycles. The number of hydrogen-bond acceptors (Lipinski definition) is 3. The first-order valence-electron chi connectivity index (χ1n) is 6.90. The van der Waals surface area contributed by atoms with E-state index in [2.05, 4.69) is 47.2 Å². The minimum absolute atomic E-state index is 1.09. The van der Waals surface area contributed by atoms with Crippen molar-refractivity contribution < 1.29 is 0 Å². The highest BCUT2D eigenvalue weighted by Gasteiger charge is 2.16. The minimum atomic E-state index is 1.09. The average Bonchev–Trinajstić information content (AvgIpc) is 2.40. The van der Waals surface area contributed by atoms with Crippen molar-refractivity contribution >= 4 is 5.69 Å². The van der Waals surface area contributed by atoms with E-state index in [4.69, 9.17) is 0 Å². The largest absolute Gasteiger partial charge is 0.369 e. The van der Waals surface area contributed by atoms with Crippen molar-refractivity contribution in [3.05, 3.63) is 29.3 Å². The fourth-order valence-corrected chi connectivity index (χ4v) is 2.42. The van der Waals surface area contributed by atoms with Gasteiger partial charge in [-0.2, -0.15) is 0 Å². The summed E-state index contributed by atoms with van der Waals surface area (Å²) in [6.07, 6.45) is 0. The van der Waals surface area contributed by atoms with Gasteiger partial charge in [0.15, 0.2) is 0 Å². The molecule has 0 unspecified atom stereocenters. The number of anilines is 1. The summed E-state index contributed by atoms with van der Waals surface area (Å²) in [5, 5.41) is 3.22. The average molecular weight is 247 g/mol. The molecule has 3 nitrogen and oxygen atoms in total. The molecule has 100 valence electrons. The number of hydrogen-bond donors (Lipinski definition) is 1. The smallest absolute Gasteiger partial charge is 0.0369 e. The Morgan fingerprint density at radius 1 is 1.06 bits per heavy atom. The van der Waals surface area contributed by atoms with Crippen molar-refractivity contribution in [3.63, 3.8) is 0 Å². The van der Waals surface area contributed by atoms with E-state index in [0.717, 1.165) is 26.2 Å². The number of rotatable bonds is 4. The van der Waals surface area contributed by atoms with Crippen LogP contribution in [-0.2, 0) is 0 Å². The molecule has 0 amide bonds. The fraction of sp³-hybridized carbons (Fsp3) is 0.600. The second-order valence-electron chi connectivity index (χ2n) is 5.20. The summed E-state index contributed by atoms with van der Waals surface area (Å²) < 4.78 is 0. The number of piperazine rings is 1. The molecule has 0 saturated carbocycles. The fourth-order valence-electron chi connectivity index (χ4n) is 2.42. The first kappa shape index (κ1) is 13.4. The van der Waals surface area contributed by atoms with Gasteiger partial charge in [0.1, 0.15) is 0 Å². The molecule has 1 N–H and O–H groups in total. The molecule has 18 heavy (non-hydrogen) atoms. The zero-order chi connectivity index (χ0) is 13.0. The van der Waals surface area contributed by atoms with Crippen LogP contribution in [0.3, 0.4) is 0 Å². The highest BCUT2D eigenvalue weighted by atomic mass is 15.3. The van der Waals surface area contributed by atoms with Crippen LogP contribution >= 0.6 is 0 Å². The monoisotopic (exact) mass is 247 g/mol. The Bertz CT molecular complexity index is 381. The second-order valence-corrected chi connectivity index (χ2v) is 5.20. The van der Waals surface area contributed by atoms with Crippen LogP contribution in [0.4, 0.5) is 5.69 Å². The van der Waals surface area contributed by atoms with Crippen molar-refractivity contribution in [2.45, 2.75) is 13.8 Å². The number of benzene rings is 1. The lowest BCUT2D eigenvalue weighted by Crippen LogP contribution is -2.48. The number of aryl methyl sites for hydroxylation is 2. The Balaban J connectivity index is 1.90. The van der Waals surface area contributed by atoms with E-state index in [-0.39, 0.29) is 0 Å². The normalized spacial score (nSPS) is 17.2. The van der Waals surface area contributed by atoms with Gasteiger partial charge in [-0.3, -0.25) is 4.90 Å². The van der Waals surface area contributed by atoms with Crippen LogP contribution in [0.25, 0.3) is 0 Å². The van der Waals surface area contributed by atoms with Gasteiger partial charge < -0.3 is 10.2 Å². The van der Waals surface area contributed by atoms with Gasteiger partial charge in [0.05, 0.1) is 0 Å². The summed E-state index contributed by atoms with van der Waals surface area (Å²) in [4.78, 5) is 5.04. The summed E-state index contributed by atoms with van der Waals surface area (Å²) in [5.74, 6) is 0. The molecule has 0 atom stereocenters. The predicted octanol–water partition coefficient (Wildman–Crippen LogP) is 1.64. The van der Waals surface area contributed by atoms with Crippen molar-refractivity contribution in [3.8, 4) is 0 Å². The van der Waals surface area contributed by atoms with Gasteiger partial charge >= 0.3 is 0 Å². The Labute approximate surface area is 111 Å². The first-order chi connectivity index (χ1) is 8.70. The number of nitrogens with one attached hydrogen (secondary N) is 1. The summed E-state index contributed by atoms with van der Waals surface area (Å²) in [5.41, 5.74) is 4.16. The van der Waals surface area contributed by atoms with Crippen LogP contribution in [0.2, 0.25) is 0 Å². The number of nitrogens with zero attached hydrogens (tertiary/aromatic N) is 2. The Morgan fingerprint density at radius 2 is 1.78 bits per heavy atom. The molecule has 1 aromatic carbocycles. The van der Waals surface area contributed by atoms with Gasteiger partial charge in [-0.05, 0) is 44.2 Å². The van der Waals surface area contributed by atoms with E-state index >= 15 is 0 Å². The standard InChI is InChI=1S/C15H25N3/c1-13-4-5-15(12-14(13)2)18-10-8-17(9-11-18)7-6-16-3/h4-5,12,16H,6-11H2,1-3H3. The molecule has 1 fully saturated rings. The van der Waals surface area contributed by atoms with Crippen LogP contribution in [0, 0.1) is 13.8 Å². The maximum absolute atomic E-state index is 3.22. The zero-order valence-corrected chi connectivity index (χ0v) is 11.9. The van der Waals surface area contributed by atoms with E-state index in [1.165, 1.54) is 29.9 Å². The van der Waals surface area contributed by atoms with Crippen molar-refractivity contribution in [1.29, 1.82) is 0 Å². The van der Waals surface area contributed by atoms with Crippen molar-refractivity contribution in [2.24, 2.45) is 0 Å². The molecule has 1 aliphatic heterocycles. The quantitative estimate of drug-likeness (QED) is 0.873. The molecule has 1 aromatic rings. The Morgan fingerprint density at radius 3 is 2.39 bits per heavy atom. The highest BCUT2D eigenvalue weighted by molar-refractivity contribution is 5.50. The minimum Gasteiger partial charge on any atom is -0.369 e. The molecule has 1 saturated heterocycles. The van der Waals surface area contributed by atoms with Gasteiger partial charge in [0, 0.05) is 45.0 Å². The van der Waals surface area contributed by atoms with E-state index in [0.29, 0.717) is 0 Å². The molecule has 0 spiro atoms. The van der Waals surface area contributed by atoms with Crippen LogP contribution in [0.5, 0.6) is 0 Å². The van der Waals surface area contributed by atoms with E-state index in [1.807, 2.05) is 7.05 Å². The van der Waals surface area contributed by atoms with Crippen LogP contribution in [0.15, 0.2) is 18.2 Å². The summed E-state index contributed by atoms with van der Waals surface area (Å²) in [6, 6.07) is 6.81. The highest BCUT2D eigenvalue weighted by Crippen LogP contribution is 2.20. The molecular weight excluding hydrogens is 222 g/mol.